The van der Waals surface area contributed by atoms with Crippen LogP contribution in [0.5, 0.6) is 0 Å². The molecule has 0 bridgehead atoms. The summed E-state index contributed by atoms with van der Waals surface area (Å²) in [4.78, 5) is 13.4. The number of nitrogens with zero attached hydrogens (tertiary/aromatic N) is 3. The van der Waals surface area contributed by atoms with Gasteiger partial charge in [0, 0.05) is 32.6 Å². The first-order chi connectivity index (χ1) is 8.28. The minimum absolute atomic E-state index is 0.137. The van der Waals surface area contributed by atoms with E-state index in [1.807, 2.05) is 6.92 Å². The Hall–Kier alpha value is -1.21. The summed E-state index contributed by atoms with van der Waals surface area (Å²) in [6.45, 7) is 6.06. The average molecular weight is 255 g/mol. The number of carbonyl (C=O) groups is 1. The second kappa shape index (κ2) is 5.92. The maximum atomic E-state index is 11.2. The summed E-state index contributed by atoms with van der Waals surface area (Å²) in [6.07, 6.45) is 0.568. The molecule has 1 amide bonds. The van der Waals surface area contributed by atoms with E-state index in [1.54, 1.807) is 11.3 Å². The molecule has 1 aliphatic heterocycles. The second-order valence-corrected chi connectivity index (χ2v) is 4.97. The minimum atomic E-state index is 0.137. The Morgan fingerprint density at radius 2 is 2.35 bits per heavy atom. The van der Waals surface area contributed by atoms with E-state index in [9.17, 15) is 4.79 Å². The first kappa shape index (κ1) is 12.3. The van der Waals surface area contributed by atoms with Crippen LogP contribution >= 0.6 is 11.3 Å². The predicted octanol–water partition coefficient (Wildman–Crippen LogP) is 0.292. The number of hydrogen-bond donors (Lipinski definition) is 2. The molecule has 0 unspecified atom stereocenters. The summed E-state index contributed by atoms with van der Waals surface area (Å²) in [5.74, 6) is 0.137. The Balaban J connectivity index is 1.88. The monoisotopic (exact) mass is 255 g/mol. The van der Waals surface area contributed by atoms with Crippen molar-refractivity contribution in [2.45, 2.75) is 19.9 Å². The van der Waals surface area contributed by atoms with Crippen molar-refractivity contribution in [2.24, 2.45) is 0 Å². The SMILES string of the molecule is CCNc1nnc(CN2CCNC(=O)CC2)s1. The van der Waals surface area contributed by atoms with Crippen molar-refractivity contribution >= 4 is 22.4 Å². The molecule has 94 valence electrons. The normalized spacial score (nSPS) is 17.6. The van der Waals surface area contributed by atoms with Crippen LogP contribution in [0.1, 0.15) is 18.4 Å². The molecule has 1 fully saturated rings. The standard InChI is InChI=1S/C10H17N5OS/c1-2-11-10-14-13-9(17-10)7-15-5-3-8(16)12-4-6-15/h2-7H2,1H3,(H,11,14)(H,12,16). The molecule has 0 spiro atoms. The van der Waals surface area contributed by atoms with Gasteiger partial charge in [0.25, 0.3) is 0 Å². The lowest BCUT2D eigenvalue weighted by Gasteiger charge is -2.16. The minimum Gasteiger partial charge on any atom is -0.360 e. The summed E-state index contributed by atoms with van der Waals surface area (Å²) in [5.41, 5.74) is 0. The quantitative estimate of drug-likeness (QED) is 0.809. The van der Waals surface area contributed by atoms with E-state index >= 15 is 0 Å². The van der Waals surface area contributed by atoms with E-state index in [4.69, 9.17) is 0 Å². The molecule has 0 radical (unpaired) electrons. The fourth-order valence-electron chi connectivity index (χ4n) is 1.70. The molecule has 1 aromatic rings. The number of carbonyl (C=O) groups excluding carboxylic acids is 1. The molecule has 0 aliphatic carbocycles. The number of nitrogens with one attached hydrogen (secondary N) is 2. The largest absolute Gasteiger partial charge is 0.360 e. The summed E-state index contributed by atoms with van der Waals surface area (Å²) < 4.78 is 0. The van der Waals surface area contributed by atoms with Gasteiger partial charge in [-0.25, -0.2) is 0 Å². The van der Waals surface area contributed by atoms with Crippen LogP contribution in [0.15, 0.2) is 0 Å². The van der Waals surface area contributed by atoms with Crippen LogP contribution in [0.3, 0.4) is 0 Å². The second-order valence-electron chi connectivity index (χ2n) is 3.91. The van der Waals surface area contributed by atoms with Gasteiger partial charge in [-0.1, -0.05) is 11.3 Å². The Bertz CT molecular complexity index is 381. The summed E-state index contributed by atoms with van der Waals surface area (Å²) in [7, 11) is 0. The fourth-order valence-corrected chi connectivity index (χ4v) is 2.55. The highest BCUT2D eigenvalue weighted by Crippen LogP contribution is 2.16. The zero-order valence-electron chi connectivity index (χ0n) is 9.90. The Kier molecular flexibility index (Phi) is 4.27. The van der Waals surface area contributed by atoms with E-state index in [-0.39, 0.29) is 5.91 Å². The van der Waals surface area contributed by atoms with Gasteiger partial charge in [0.15, 0.2) is 0 Å². The van der Waals surface area contributed by atoms with Crippen LogP contribution in [-0.4, -0.2) is 47.2 Å². The van der Waals surface area contributed by atoms with Gasteiger partial charge in [-0.2, -0.15) is 0 Å². The first-order valence-electron chi connectivity index (χ1n) is 5.83. The Morgan fingerprint density at radius 1 is 1.47 bits per heavy atom. The fraction of sp³-hybridized carbons (Fsp3) is 0.700. The van der Waals surface area contributed by atoms with Crippen molar-refractivity contribution in [3.05, 3.63) is 5.01 Å². The third kappa shape index (κ3) is 3.64. The summed E-state index contributed by atoms with van der Waals surface area (Å²) in [5, 5.41) is 16.1. The molecule has 17 heavy (non-hydrogen) atoms. The zero-order valence-corrected chi connectivity index (χ0v) is 10.7. The lowest BCUT2D eigenvalue weighted by molar-refractivity contribution is -0.120. The molecule has 6 nitrogen and oxygen atoms in total. The first-order valence-corrected chi connectivity index (χ1v) is 6.65. The van der Waals surface area contributed by atoms with E-state index in [2.05, 4.69) is 25.7 Å². The number of amides is 1. The molecule has 1 aromatic heterocycles. The van der Waals surface area contributed by atoms with Gasteiger partial charge in [-0.15, -0.1) is 10.2 Å². The molecular formula is C10H17N5OS. The molecular weight excluding hydrogens is 238 g/mol. The van der Waals surface area contributed by atoms with Crippen molar-refractivity contribution in [3.63, 3.8) is 0 Å². The smallest absolute Gasteiger partial charge is 0.221 e. The van der Waals surface area contributed by atoms with Crippen LogP contribution in [0.2, 0.25) is 0 Å². The third-order valence-electron chi connectivity index (χ3n) is 2.56. The van der Waals surface area contributed by atoms with E-state index in [0.29, 0.717) is 6.42 Å². The number of rotatable bonds is 4. The molecule has 1 saturated heterocycles. The lowest BCUT2D eigenvalue weighted by Crippen LogP contribution is -2.28. The number of anilines is 1. The van der Waals surface area contributed by atoms with Crippen molar-refractivity contribution in [1.82, 2.24) is 20.4 Å². The van der Waals surface area contributed by atoms with E-state index in [1.165, 1.54) is 0 Å². The van der Waals surface area contributed by atoms with Crippen LogP contribution in [0.4, 0.5) is 5.13 Å². The molecule has 2 heterocycles. The highest BCUT2D eigenvalue weighted by atomic mass is 32.1. The third-order valence-corrected chi connectivity index (χ3v) is 3.42. The van der Waals surface area contributed by atoms with Gasteiger partial charge >= 0.3 is 0 Å². The van der Waals surface area contributed by atoms with Gasteiger partial charge in [-0.05, 0) is 6.92 Å². The maximum Gasteiger partial charge on any atom is 0.221 e. The molecule has 7 heteroatoms. The van der Waals surface area contributed by atoms with Gasteiger partial charge in [0.05, 0.1) is 6.54 Å². The maximum absolute atomic E-state index is 11.2. The van der Waals surface area contributed by atoms with Crippen molar-refractivity contribution < 1.29 is 4.79 Å². The topological polar surface area (TPSA) is 70.2 Å². The molecule has 0 saturated carbocycles. The summed E-state index contributed by atoms with van der Waals surface area (Å²) >= 11 is 1.58. The summed E-state index contributed by atoms with van der Waals surface area (Å²) in [6, 6.07) is 0. The van der Waals surface area contributed by atoms with Crippen molar-refractivity contribution in [3.8, 4) is 0 Å². The molecule has 2 rings (SSSR count). The lowest BCUT2D eigenvalue weighted by atomic mass is 10.4. The molecule has 0 aromatic carbocycles. The molecule has 2 N–H and O–H groups in total. The van der Waals surface area contributed by atoms with E-state index < -0.39 is 0 Å². The Morgan fingerprint density at radius 3 is 3.18 bits per heavy atom. The van der Waals surface area contributed by atoms with Crippen LogP contribution in [0, 0.1) is 0 Å². The van der Waals surface area contributed by atoms with Crippen LogP contribution in [-0.2, 0) is 11.3 Å². The number of aromatic nitrogens is 2. The van der Waals surface area contributed by atoms with Crippen molar-refractivity contribution in [2.75, 3.05) is 31.5 Å². The highest BCUT2D eigenvalue weighted by molar-refractivity contribution is 7.15. The average Bonchev–Trinajstić information content (AvgIpc) is 2.63. The highest BCUT2D eigenvalue weighted by Gasteiger charge is 2.15. The van der Waals surface area contributed by atoms with Gasteiger partial charge in [0.2, 0.25) is 11.0 Å². The molecule has 0 atom stereocenters. The van der Waals surface area contributed by atoms with Crippen molar-refractivity contribution in [1.29, 1.82) is 0 Å². The van der Waals surface area contributed by atoms with Crippen LogP contribution in [0.25, 0.3) is 0 Å². The van der Waals surface area contributed by atoms with Gasteiger partial charge in [-0.3, -0.25) is 9.69 Å². The predicted molar refractivity (Wildman–Crippen MR) is 67.0 cm³/mol. The molecule has 1 aliphatic rings. The van der Waals surface area contributed by atoms with Gasteiger partial charge in [0.1, 0.15) is 5.01 Å². The van der Waals surface area contributed by atoms with E-state index in [0.717, 1.165) is 42.9 Å². The zero-order chi connectivity index (χ0) is 12.1. The number of hydrogen-bond acceptors (Lipinski definition) is 6. The van der Waals surface area contributed by atoms with Gasteiger partial charge < -0.3 is 10.6 Å². The van der Waals surface area contributed by atoms with Crippen LogP contribution < -0.4 is 10.6 Å². The Labute approximate surface area is 104 Å².